The minimum absolute atomic E-state index is 0. The second kappa shape index (κ2) is 20.0. The van der Waals surface area contributed by atoms with E-state index in [0.717, 1.165) is 28.7 Å². The van der Waals surface area contributed by atoms with Crippen LogP contribution < -0.4 is 10.5 Å². The van der Waals surface area contributed by atoms with Gasteiger partial charge in [-0.3, -0.25) is 14.7 Å². The molecule has 3 N–H and O–H groups in total. The Balaban J connectivity index is 0.000000203. The molecule has 19 heteroatoms. The van der Waals surface area contributed by atoms with Gasteiger partial charge >= 0.3 is 0 Å². The predicted octanol–water partition coefficient (Wildman–Crippen LogP) is 11.3. The summed E-state index contributed by atoms with van der Waals surface area (Å²) in [5.74, 6) is -0.712. The molecule has 348 valence electrons. The van der Waals surface area contributed by atoms with Crippen LogP contribution in [0.25, 0.3) is 33.2 Å². The number of hydrogen-bond donors (Lipinski definition) is 2. The summed E-state index contributed by atoms with van der Waals surface area (Å²) < 4.78 is 107. The number of nitrogen functional groups attached to an aromatic ring is 1. The predicted molar refractivity (Wildman–Crippen MR) is 253 cm³/mol. The number of sulfonamides is 1. The number of alkyl halides is 2. The van der Waals surface area contributed by atoms with Crippen molar-refractivity contribution in [3.05, 3.63) is 156 Å². The smallest absolute Gasteiger partial charge is 0.263 e. The van der Waals surface area contributed by atoms with Crippen LogP contribution in [0, 0.1) is 11.6 Å². The molecule has 4 heterocycles. The van der Waals surface area contributed by atoms with E-state index < -0.39 is 49.5 Å². The summed E-state index contributed by atoms with van der Waals surface area (Å²) in [6.45, 7) is 9.57. The van der Waals surface area contributed by atoms with E-state index in [1.165, 1.54) is 41.1 Å². The first-order chi connectivity index (χ1) is 30.5. The van der Waals surface area contributed by atoms with Crippen LogP contribution in [0.4, 0.5) is 29.2 Å². The maximum Gasteiger partial charge on any atom is 0.263 e. The maximum atomic E-state index is 14.6. The van der Waals surface area contributed by atoms with Crippen LogP contribution in [-0.2, 0) is 43.3 Å². The van der Waals surface area contributed by atoms with Gasteiger partial charge in [-0.25, -0.2) is 43.8 Å². The van der Waals surface area contributed by atoms with E-state index in [1.54, 1.807) is 35.3 Å². The van der Waals surface area contributed by atoms with Crippen molar-refractivity contribution in [2.75, 3.05) is 10.5 Å². The van der Waals surface area contributed by atoms with Crippen molar-refractivity contribution >= 4 is 63.2 Å². The third-order valence-corrected chi connectivity index (χ3v) is 12.6. The van der Waals surface area contributed by atoms with Crippen LogP contribution in [0.1, 0.15) is 71.5 Å². The maximum absolute atomic E-state index is 14.6. The largest absolute Gasteiger partial charge is 0.384 e. The Hall–Kier alpha value is -6.37. The molecule has 0 aliphatic heterocycles. The first-order valence-electron chi connectivity index (χ1n) is 19.8. The number of anilines is 2. The Morgan fingerprint density at radius 2 is 1.08 bits per heavy atom. The molecule has 8 aromatic rings. The number of benzene rings is 4. The molecule has 8 rings (SSSR count). The molecule has 0 aliphatic rings. The zero-order chi connectivity index (χ0) is 47.5. The molecule has 12 nitrogen and oxygen atoms in total. The first kappa shape index (κ1) is 50.6. The Labute approximate surface area is 386 Å². The molecule has 0 unspecified atom stereocenters. The lowest BCUT2D eigenvalue weighted by atomic mass is 9.87. The van der Waals surface area contributed by atoms with Crippen molar-refractivity contribution in [1.82, 2.24) is 29.5 Å². The van der Waals surface area contributed by atoms with Gasteiger partial charge in [-0.1, -0.05) is 73.2 Å². The molecule has 0 amide bonds. The zero-order valence-corrected chi connectivity index (χ0v) is 38.5. The van der Waals surface area contributed by atoms with Crippen molar-refractivity contribution in [1.29, 1.82) is 0 Å². The summed E-state index contributed by atoms with van der Waals surface area (Å²) in [5, 5.41) is 9.98. The number of pyridine rings is 2. The van der Waals surface area contributed by atoms with E-state index in [9.17, 15) is 34.4 Å². The summed E-state index contributed by atoms with van der Waals surface area (Å²) in [4.78, 5) is 8.10. The molecule has 66 heavy (non-hydrogen) atoms. The standard InChI is InChI=1S/C23H22F2N4O2S.C13H11FN4.C10H12ClFO2S.CH4/c1-23(2,3)18-10-9-16(13-19(18)25)32(30,31)28-22-12-15(14-24)27-29(22)21-8-4-7-20-17(21)6-5-11-26-20;14-8-9-7-13(15)18(17-9)12-5-1-4-11-10(12)3-2-6-16-11;1-10(2,3)8-5-4-7(6-9(8)12)15(11,13)14;/h4-13,28H,14H2,1-3H3;1-7H,8,15H2;4-6H,1-3H3;1H4. The number of halogens is 5. The van der Waals surface area contributed by atoms with Crippen molar-refractivity contribution in [3.8, 4) is 11.4 Å². The SMILES string of the molecule is C.CC(C)(C)c1ccc(S(=O)(=O)Cl)cc1F.CC(C)(C)c1ccc(S(=O)(=O)Nc2cc(CF)nn2-c2cccc3ncccc23)cc1F.Nc1cc(CF)nn1-c1cccc2ncccc12. The van der Waals surface area contributed by atoms with Crippen LogP contribution in [0.15, 0.2) is 131 Å². The fraction of sp³-hybridized carbons (Fsp3) is 0.234. The lowest BCUT2D eigenvalue weighted by molar-refractivity contribution is 0.473. The number of rotatable bonds is 8. The van der Waals surface area contributed by atoms with Crippen molar-refractivity contribution in [2.24, 2.45) is 0 Å². The Morgan fingerprint density at radius 3 is 1.53 bits per heavy atom. The molecule has 0 radical (unpaired) electrons. The van der Waals surface area contributed by atoms with Gasteiger partial charge in [0.1, 0.15) is 36.6 Å². The van der Waals surface area contributed by atoms with Crippen LogP contribution in [-0.4, -0.2) is 46.4 Å². The summed E-state index contributed by atoms with van der Waals surface area (Å²) in [5.41, 5.74) is 9.13. The molecule has 0 atom stereocenters. The van der Waals surface area contributed by atoms with E-state index >= 15 is 0 Å². The zero-order valence-electron chi connectivity index (χ0n) is 36.1. The Kier molecular flexibility index (Phi) is 15.4. The highest BCUT2D eigenvalue weighted by Crippen LogP contribution is 2.31. The molecule has 0 aliphatic carbocycles. The van der Waals surface area contributed by atoms with Crippen molar-refractivity contribution in [2.45, 2.75) is 82.9 Å². The summed E-state index contributed by atoms with van der Waals surface area (Å²) >= 11 is 0. The molecule has 0 spiro atoms. The average Bonchev–Trinajstić information content (AvgIpc) is 3.84. The molecular formula is C47H49ClF4N8O4S2. The van der Waals surface area contributed by atoms with E-state index in [1.807, 2.05) is 84.0 Å². The van der Waals surface area contributed by atoms with Crippen LogP contribution in [0.5, 0.6) is 0 Å². The van der Waals surface area contributed by atoms with Crippen molar-refractivity contribution < 1.29 is 34.4 Å². The second-order valence-electron chi connectivity index (χ2n) is 16.7. The average molecular weight is 966 g/mol. The highest BCUT2D eigenvalue weighted by Gasteiger charge is 2.25. The van der Waals surface area contributed by atoms with Gasteiger partial charge in [-0.15, -0.1) is 0 Å². The van der Waals surface area contributed by atoms with Gasteiger partial charge in [-0.05, 0) is 94.8 Å². The molecular weight excluding hydrogens is 916 g/mol. The second-order valence-corrected chi connectivity index (χ2v) is 20.9. The monoisotopic (exact) mass is 964 g/mol. The molecule has 4 aromatic heterocycles. The van der Waals surface area contributed by atoms with Crippen LogP contribution in [0.3, 0.4) is 0 Å². The topological polar surface area (TPSA) is 168 Å². The van der Waals surface area contributed by atoms with E-state index in [4.69, 9.17) is 16.4 Å². The number of fused-ring (bicyclic) bond motifs is 2. The first-order valence-corrected chi connectivity index (χ1v) is 23.6. The fourth-order valence-electron chi connectivity index (χ4n) is 6.72. The van der Waals surface area contributed by atoms with Gasteiger partial charge in [0.25, 0.3) is 19.1 Å². The third kappa shape index (κ3) is 11.5. The third-order valence-electron chi connectivity index (χ3n) is 9.85. The molecule has 0 bridgehead atoms. The van der Waals surface area contributed by atoms with E-state index in [-0.39, 0.29) is 34.1 Å². The van der Waals surface area contributed by atoms with Crippen LogP contribution >= 0.6 is 10.7 Å². The lowest BCUT2D eigenvalue weighted by Gasteiger charge is -2.20. The van der Waals surface area contributed by atoms with Gasteiger partial charge in [0.15, 0.2) is 0 Å². The van der Waals surface area contributed by atoms with Gasteiger partial charge < -0.3 is 5.73 Å². The van der Waals surface area contributed by atoms with Gasteiger partial charge in [-0.2, -0.15) is 10.2 Å². The van der Waals surface area contributed by atoms with Crippen LogP contribution in [0.2, 0.25) is 0 Å². The number of aromatic nitrogens is 6. The van der Waals surface area contributed by atoms with Gasteiger partial charge in [0, 0.05) is 46.0 Å². The Morgan fingerprint density at radius 1 is 0.621 bits per heavy atom. The molecule has 0 saturated heterocycles. The molecule has 0 fully saturated rings. The molecule has 0 saturated carbocycles. The minimum atomic E-state index is -4.17. The quantitative estimate of drug-likeness (QED) is 0.111. The highest BCUT2D eigenvalue weighted by atomic mass is 35.7. The molecule has 4 aromatic carbocycles. The Bertz CT molecular complexity index is 3230. The highest BCUT2D eigenvalue weighted by molar-refractivity contribution is 8.13. The van der Waals surface area contributed by atoms with Gasteiger partial charge in [0.05, 0.1) is 43.6 Å². The van der Waals surface area contributed by atoms with Crippen molar-refractivity contribution in [3.63, 3.8) is 0 Å². The lowest BCUT2D eigenvalue weighted by Crippen LogP contribution is -2.18. The van der Waals surface area contributed by atoms with E-state index in [0.29, 0.717) is 39.2 Å². The summed E-state index contributed by atoms with van der Waals surface area (Å²) in [7, 11) is -2.92. The normalized spacial score (nSPS) is 11.9. The number of nitrogens with two attached hydrogens (primary N) is 1. The number of nitrogens with one attached hydrogen (secondary N) is 1. The minimum Gasteiger partial charge on any atom is -0.384 e. The number of nitrogens with zero attached hydrogens (tertiary/aromatic N) is 6. The summed E-state index contributed by atoms with van der Waals surface area (Å²) in [6, 6.07) is 28.7. The summed E-state index contributed by atoms with van der Waals surface area (Å²) in [6.07, 6.45) is 3.37. The fourth-order valence-corrected chi connectivity index (χ4v) is 8.53. The van der Waals surface area contributed by atoms with E-state index in [2.05, 4.69) is 24.9 Å². The van der Waals surface area contributed by atoms with Gasteiger partial charge in [0.2, 0.25) is 0 Å². The number of hydrogen-bond acceptors (Lipinski definition) is 9.